The topological polar surface area (TPSA) is 32.3 Å². The molecule has 0 bridgehead atoms. The van der Waals surface area contributed by atoms with Crippen LogP contribution in [0.15, 0.2) is 60.7 Å². The number of rotatable bonds is 4. The third-order valence-electron chi connectivity index (χ3n) is 6.12. The summed E-state index contributed by atoms with van der Waals surface area (Å²) < 4.78 is 0. The van der Waals surface area contributed by atoms with Crippen molar-refractivity contribution in [2.75, 3.05) is 19.6 Å². The summed E-state index contributed by atoms with van der Waals surface area (Å²) in [5, 5.41) is 3.19. The van der Waals surface area contributed by atoms with E-state index in [9.17, 15) is 4.79 Å². The first-order valence-corrected chi connectivity index (χ1v) is 9.79. The smallest absolute Gasteiger partial charge is 0.317 e. The van der Waals surface area contributed by atoms with Gasteiger partial charge >= 0.3 is 6.03 Å². The number of hydrogen-bond donors (Lipinski definition) is 1. The molecule has 3 nitrogen and oxygen atoms in total. The third-order valence-corrected chi connectivity index (χ3v) is 6.12. The highest BCUT2D eigenvalue weighted by molar-refractivity contribution is 5.74. The molecule has 4 rings (SSSR count). The molecule has 0 aromatic heterocycles. The van der Waals surface area contributed by atoms with E-state index in [0.717, 1.165) is 32.5 Å². The molecule has 2 unspecified atom stereocenters. The molecule has 1 saturated heterocycles. The molecule has 2 aliphatic rings. The average Bonchev–Trinajstić information content (AvgIpc) is 3.47. The molecule has 1 heterocycles. The van der Waals surface area contributed by atoms with Crippen LogP contribution in [-0.2, 0) is 5.41 Å². The fraction of sp³-hybridized carbons (Fsp3) is 0.435. The van der Waals surface area contributed by atoms with Gasteiger partial charge in [0.05, 0.1) is 0 Å². The molecule has 26 heavy (non-hydrogen) atoms. The van der Waals surface area contributed by atoms with Crippen LogP contribution in [0, 0.1) is 5.92 Å². The van der Waals surface area contributed by atoms with Crippen molar-refractivity contribution in [2.24, 2.45) is 5.92 Å². The Hall–Kier alpha value is -2.29. The predicted octanol–water partition coefficient (Wildman–Crippen LogP) is 4.55. The maximum Gasteiger partial charge on any atom is 0.317 e. The lowest BCUT2D eigenvalue weighted by molar-refractivity contribution is 0.155. The number of piperidine rings is 1. The van der Waals surface area contributed by atoms with Gasteiger partial charge in [-0.05, 0) is 42.2 Å². The highest BCUT2D eigenvalue weighted by Gasteiger charge is 2.39. The number of amides is 2. The van der Waals surface area contributed by atoms with Gasteiger partial charge in [0.2, 0.25) is 0 Å². The van der Waals surface area contributed by atoms with E-state index in [4.69, 9.17) is 0 Å². The zero-order chi connectivity index (χ0) is 18.0. The number of benzene rings is 2. The van der Waals surface area contributed by atoms with Crippen LogP contribution in [0.2, 0.25) is 0 Å². The summed E-state index contributed by atoms with van der Waals surface area (Å²) in [6, 6.07) is 21.4. The fourth-order valence-electron chi connectivity index (χ4n) is 4.40. The third kappa shape index (κ3) is 3.62. The molecule has 0 radical (unpaired) electrons. The van der Waals surface area contributed by atoms with Crippen molar-refractivity contribution in [3.8, 4) is 0 Å². The second kappa shape index (κ2) is 7.14. The molecular weight excluding hydrogens is 320 g/mol. The molecular formula is C23H28N2O. The lowest BCUT2D eigenvalue weighted by Gasteiger charge is -2.41. The number of carbonyl (C=O) groups is 1. The summed E-state index contributed by atoms with van der Waals surface area (Å²) in [7, 11) is 0. The second-order valence-corrected chi connectivity index (χ2v) is 8.15. The summed E-state index contributed by atoms with van der Waals surface area (Å²) in [6.45, 7) is 4.74. The Morgan fingerprint density at radius 2 is 1.81 bits per heavy atom. The van der Waals surface area contributed by atoms with Crippen molar-refractivity contribution in [3.05, 3.63) is 71.8 Å². The standard InChI is InChI=1S/C23H28N2O/c1-23(20-11-6-3-7-12-20)13-8-14-25(17-23)22(26)24-16-19-15-21(19)18-9-4-2-5-10-18/h2-7,9-12,19,21H,8,13-17H2,1H3,(H,24,26)/t19?,21-,23?/m1/s1. The number of nitrogens with zero attached hydrogens (tertiary/aromatic N) is 1. The van der Waals surface area contributed by atoms with Gasteiger partial charge in [-0.25, -0.2) is 4.79 Å². The van der Waals surface area contributed by atoms with E-state index in [1.807, 2.05) is 4.90 Å². The minimum Gasteiger partial charge on any atom is -0.338 e. The van der Waals surface area contributed by atoms with E-state index < -0.39 is 0 Å². The van der Waals surface area contributed by atoms with Gasteiger partial charge in [-0.15, -0.1) is 0 Å². The number of hydrogen-bond acceptors (Lipinski definition) is 1. The second-order valence-electron chi connectivity index (χ2n) is 8.15. The summed E-state index contributed by atoms with van der Waals surface area (Å²) in [4.78, 5) is 14.7. The van der Waals surface area contributed by atoms with Crippen molar-refractivity contribution < 1.29 is 4.79 Å². The fourth-order valence-corrected chi connectivity index (χ4v) is 4.40. The number of likely N-dealkylation sites (tertiary alicyclic amines) is 1. The maximum absolute atomic E-state index is 12.7. The highest BCUT2D eigenvalue weighted by atomic mass is 16.2. The van der Waals surface area contributed by atoms with Crippen LogP contribution >= 0.6 is 0 Å². The molecule has 1 N–H and O–H groups in total. The zero-order valence-corrected chi connectivity index (χ0v) is 15.5. The van der Waals surface area contributed by atoms with Crippen molar-refractivity contribution >= 4 is 6.03 Å². The first-order valence-electron chi connectivity index (χ1n) is 9.79. The molecule has 2 amide bonds. The van der Waals surface area contributed by atoms with Gasteiger partial charge in [-0.3, -0.25) is 0 Å². The van der Waals surface area contributed by atoms with Gasteiger partial charge < -0.3 is 10.2 Å². The lowest BCUT2D eigenvalue weighted by Crippen LogP contribution is -2.50. The van der Waals surface area contributed by atoms with Gasteiger partial charge in [0.25, 0.3) is 0 Å². The molecule has 2 fully saturated rings. The van der Waals surface area contributed by atoms with Gasteiger partial charge in [0, 0.05) is 25.0 Å². The van der Waals surface area contributed by atoms with Crippen LogP contribution in [0.25, 0.3) is 0 Å². The Kier molecular flexibility index (Phi) is 4.71. The molecule has 3 heteroatoms. The first kappa shape index (κ1) is 17.1. The van der Waals surface area contributed by atoms with E-state index in [0.29, 0.717) is 11.8 Å². The van der Waals surface area contributed by atoms with Crippen LogP contribution in [-0.4, -0.2) is 30.6 Å². The van der Waals surface area contributed by atoms with Gasteiger partial charge in [0.1, 0.15) is 0 Å². The molecule has 1 saturated carbocycles. The van der Waals surface area contributed by atoms with Crippen molar-refractivity contribution in [1.29, 1.82) is 0 Å². The summed E-state index contributed by atoms with van der Waals surface area (Å²) in [6.07, 6.45) is 3.39. The molecule has 136 valence electrons. The van der Waals surface area contributed by atoms with E-state index in [-0.39, 0.29) is 11.4 Å². The van der Waals surface area contributed by atoms with Crippen LogP contribution in [0.1, 0.15) is 43.2 Å². The zero-order valence-electron chi connectivity index (χ0n) is 15.5. The predicted molar refractivity (Wildman–Crippen MR) is 105 cm³/mol. The quantitative estimate of drug-likeness (QED) is 0.863. The number of nitrogens with one attached hydrogen (secondary N) is 1. The molecule has 3 atom stereocenters. The van der Waals surface area contributed by atoms with E-state index in [1.54, 1.807) is 0 Å². The van der Waals surface area contributed by atoms with Crippen LogP contribution in [0.5, 0.6) is 0 Å². The Bertz CT molecular complexity index is 745. The monoisotopic (exact) mass is 348 g/mol. The van der Waals surface area contributed by atoms with Crippen molar-refractivity contribution in [3.63, 3.8) is 0 Å². The normalized spacial score (nSPS) is 27.8. The summed E-state index contributed by atoms with van der Waals surface area (Å²) >= 11 is 0. The van der Waals surface area contributed by atoms with Gasteiger partial charge in [0.15, 0.2) is 0 Å². The number of urea groups is 1. The SMILES string of the molecule is CC1(c2ccccc2)CCCN(C(=O)NCC2C[C@@H]2c2ccccc2)C1. The lowest BCUT2D eigenvalue weighted by atomic mass is 9.76. The highest BCUT2D eigenvalue weighted by Crippen LogP contribution is 2.46. The maximum atomic E-state index is 12.7. The minimum atomic E-state index is 0.0585. The van der Waals surface area contributed by atoms with E-state index in [1.165, 1.54) is 17.5 Å². The first-order chi connectivity index (χ1) is 12.7. The van der Waals surface area contributed by atoms with Crippen molar-refractivity contribution in [1.82, 2.24) is 10.2 Å². The average molecular weight is 348 g/mol. The Balaban J connectivity index is 1.31. The van der Waals surface area contributed by atoms with Crippen LogP contribution < -0.4 is 5.32 Å². The minimum absolute atomic E-state index is 0.0585. The van der Waals surface area contributed by atoms with Gasteiger partial charge in [-0.2, -0.15) is 0 Å². The van der Waals surface area contributed by atoms with Crippen LogP contribution in [0.3, 0.4) is 0 Å². The Morgan fingerprint density at radius 1 is 1.12 bits per heavy atom. The Morgan fingerprint density at radius 3 is 2.54 bits per heavy atom. The molecule has 1 aliphatic heterocycles. The van der Waals surface area contributed by atoms with Gasteiger partial charge in [-0.1, -0.05) is 67.6 Å². The largest absolute Gasteiger partial charge is 0.338 e. The molecule has 2 aromatic carbocycles. The molecule has 1 aliphatic carbocycles. The Labute approximate surface area is 156 Å². The van der Waals surface area contributed by atoms with E-state index in [2.05, 4.69) is 72.9 Å². The molecule has 2 aromatic rings. The molecule has 0 spiro atoms. The van der Waals surface area contributed by atoms with Crippen molar-refractivity contribution in [2.45, 2.75) is 37.5 Å². The van der Waals surface area contributed by atoms with E-state index >= 15 is 0 Å². The summed E-state index contributed by atoms with van der Waals surface area (Å²) in [5.41, 5.74) is 2.80. The summed E-state index contributed by atoms with van der Waals surface area (Å²) in [5.74, 6) is 1.21. The number of carbonyl (C=O) groups excluding carboxylic acids is 1. The van der Waals surface area contributed by atoms with Crippen LogP contribution in [0.4, 0.5) is 4.79 Å².